The lowest BCUT2D eigenvalue weighted by Gasteiger charge is -2.35. The molecule has 0 radical (unpaired) electrons. The number of nitrogens with one attached hydrogen (secondary N) is 1. The van der Waals surface area contributed by atoms with Gasteiger partial charge in [0.05, 0.1) is 0 Å². The molecule has 126 valence electrons. The molecule has 7 heteroatoms. The van der Waals surface area contributed by atoms with Crippen molar-refractivity contribution < 1.29 is 18.4 Å². The summed E-state index contributed by atoms with van der Waals surface area (Å²) >= 11 is 0. The molecule has 0 atom stereocenters. The second kappa shape index (κ2) is 8.01. The molecule has 0 spiro atoms. The Bertz CT molecular complexity index is 552. The van der Waals surface area contributed by atoms with Crippen LogP contribution in [0.2, 0.25) is 0 Å². The molecular formula is C16H21F2N3O2. The van der Waals surface area contributed by atoms with Gasteiger partial charge in [0.25, 0.3) is 5.91 Å². The molecule has 0 saturated carbocycles. The fourth-order valence-electron chi connectivity index (χ4n) is 2.59. The number of carbonyl (C=O) groups excluding carboxylic acids is 2. The second-order valence-corrected chi connectivity index (χ2v) is 5.48. The van der Waals surface area contributed by atoms with E-state index in [4.69, 9.17) is 0 Å². The maximum Gasteiger partial charge on any atom is 0.259 e. The topological polar surface area (TPSA) is 52.7 Å². The highest BCUT2D eigenvalue weighted by Crippen LogP contribution is 2.16. The second-order valence-electron chi connectivity index (χ2n) is 5.48. The van der Waals surface area contributed by atoms with E-state index in [-0.39, 0.29) is 19.0 Å². The number of hydrogen-bond donors (Lipinski definition) is 1. The molecule has 0 aromatic heterocycles. The van der Waals surface area contributed by atoms with Crippen molar-refractivity contribution in [1.29, 1.82) is 0 Å². The number of piperazine rings is 1. The van der Waals surface area contributed by atoms with E-state index in [9.17, 15) is 18.4 Å². The summed E-state index contributed by atoms with van der Waals surface area (Å²) in [5, 5.41) is 2.98. The average Bonchev–Trinajstić information content (AvgIpc) is 2.55. The first-order chi connectivity index (χ1) is 11.0. The van der Waals surface area contributed by atoms with Gasteiger partial charge in [0.1, 0.15) is 17.2 Å². The lowest BCUT2D eigenvalue weighted by atomic mass is 10.1. The highest BCUT2D eigenvalue weighted by atomic mass is 19.1. The fourth-order valence-corrected chi connectivity index (χ4v) is 2.59. The van der Waals surface area contributed by atoms with Crippen molar-refractivity contribution in [3.05, 3.63) is 35.4 Å². The van der Waals surface area contributed by atoms with Crippen LogP contribution < -0.4 is 5.32 Å². The minimum atomic E-state index is -0.861. The van der Waals surface area contributed by atoms with Gasteiger partial charge in [-0.05, 0) is 32.1 Å². The first-order valence-electron chi connectivity index (χ1n) is 7.70. The van der Waals surface area contributed by atoms with E-state index in [0.29, 0.717) is 19.5 Å². The van der Waals surface area contributed by atoms with Gasteiger partial charge >= 0.3 is 0 Å². The molecule has 5 nitrogen and oxygen atoms in total. The van der Waals surface area contributed by atoms with Gasteiger partial charge in [0, 0.05) is 32.6 Å². The average molecular weight is 325 g/mol. The van der Waals surface area contributed by atoms with Gasteiger partial charge in [-0.2, -0.15) is 0 Å². The third kappa shape index (κ3) is 4.25. The zero-order valence-corrected chi connectivity index (χ0v) is 13.1. The molecule has 1 aliphatic rings. The van der Waals surface area contributed by atoms with Crippen molar-refractivity contribution in [2.45, 2.75) is 12.8 Å². The summed E-state index contributed by atoms with van der Waals surface area (Å²) in [7, 11) is 1.83. The van der Waals surface area contributed by atoms with E-state index in [2.05, 4.69) is 5.32 Å². The zero-order chi connectivity index (χ0) is 16.8. The number of amides is 2. The molecule has 0 bridgehead atoms. The van der Waals surface area contributed by atoms with Crippen LogP contribution in [0.15, 0.2) is 18.2 Å². The predicted molar refractivity (Wildman–Crippen MR) is 82.0 cm³/mol. The van der Waals surface area contributed by atoms with Crippen molar-refractivity contribution in [3.8, 4) is 0 Å². The fraction of sp³-hybridized carbons (Fsp3) is 0.500. The standard InChI is InChI=1S/C16H21F2N3O2/c1-19-7-3-6-14(22)20-8-10-21(11-9-20)16(23)15-12(17)4-2-5-13(15)18/h2,4-5,19H,3,6-11H2,1H3. The monoisotopic (exact) mass is 325 g/mol. The molecule has 1 aromatic rings. The van der Waals surface area contributed by atoms with E-state index in [1.165, 1.54) is 11.0 Å². The summed E-state index contributed by atoms with van der Waals surface area (Å²) in [6, 6.07) is 3.36. The van der Waals surface area contributed by atoms with E-state index in [1.54, 1.807) is 4.90 Å². The molecule has 1 heterocycles. The van der Waals surface area contributed by atoms with Crippen molar-refractivity contribution >= 4 is 11.8 Å². The van der Waals surface area contributed by atoms with Gasteiger partial charge in [-0.3, -0.25) is 9.59 Å². The largest absolute Gasteiger partial charge is 0.339 e. The van der Waals surface area contributed by atoms with Gasteiger partial charge in [0.2, 0.25) is 5.91 Å². The van der Waals surface area contributed by atoms with Crippen LogP contribution >= 0.6 is 0 Å². The van der Waals surface area contributed by atoms with Crippen LogP contribution in [-0.4, -0.2) is 61.4 Å². The molecule has 23 heavy (non-hydrogen) atoms. The maximum absolute atomic E-state index is 13.7. The number of nitrogens with zero attached hydrogens (tertiary/aromatic N) is 2. The Hall–Kier alpha value is -2.02. The van der Waals surface area contributed by atoms with Crippen molar-refractivity contribution in [1.82, 2.24) is 15.1 Å². The van der Waals surface area contributed by atoms with E-state index >= 15 is 0 Å². The van der Waals surface area contributed by atoms with Crippen LogP contribution in [0.25, 0.3) is 0 Å². The van der Waals surface area contributed by atoms with E-state index in [1.807, 2.05) is 7.05 Å². The third-order valence-corrected chi connectivity index (χ3v) is 3.91. The normalized spacial score (nSPS) is 14.9. The minimum absolute atomic E-state index is 0.0458. The van der Waals surface area contributed by atoms with Crippen molar-refractivity contribution in [2.24, 2.45) is 0 Å². The number of halogens is 2. The molecule has 1 fully saturated rings. The van der Waals surface area contributed by atoms with Crippen molar-refractivity contribution in [3.63, 3.8) is 0 Å². The summed E-state index contributed by atoms with van der Waals surface area (Å²) < 4.78 is 27.4. The number of carbonyl (C=O) groups is 2. The Kier molecular flexibility index (Phi) is 6.04. The predicted octanol–water partition coefficient (Wildman–Crippen LogP) is 1.25. The molecule has 1 aliphatic heterocycles. The van der Waals surface area contributed by atoms with Crippen LogP contribution in [0.5, 0.6) is 0 Å². The lowest BCUT2D eigenvalue weighted by molar-refractivity contribution is -0.132. The Morgan fingerprint density at radius 2 is 1.65 bits per heavy atom. The molecule has 0 aliphatic carbocycles. The molecule has 1 aromatic carbocycles. The summed E-state index contributed by atoms with van der Waals surface area (Å²) in [6.07, 6.45) is 1.21. The lowest BCUT2D eigenvalue weighted by Crippen LogP contribution is -2.50. The van der Waals surface area contributed by atoms with Gasteiger partial charge in [-0.1, -0.05) is 6.07 Å². The molecule has 1 N–H and O–H groups in total. The van der Waals surface area contributed by atoms with Crippen LogP contribution in [0, 0.1) is 11.6 Å². The SMILES string of the molecule is CNCCCC(=O)N1CCN(C(=O)c2c(F)cccc2F)CC1. The Labute approximate surface area is 134 Å². The summed E-state index contributed by atoms with van der Waals surface area (Å²) in [5.74, 6) is -2.34. The van der Waals surface area contributed by atoms with Crippen LogP contribution in [0.1, 0.15) is 23.2 Å². The van der Waals surface area contributed by atoms with E-state index in [0.717, 1.165) is 25.1 Å². The van der Waals surface area contributed by atoms with Crippen LogP contribution in [0.4, 0.5) is 8.78 Å². The highest BCUT2D eigenvalue weighted by molar-refractivity contribution is 5.95. The Morgan fingerprint density at radius 3 is 2.22 bits per heavy atom. The molecule has 2 amide bonds. The third-order valence-electron chi connectivity index (χ3n) is 3.91. The molecule has 2 rings (SSSR count). The van der Waals surface area contributed by atoms with Crippen LogP contribution in [-0.2, 0) is 4.79 Å². The first kappa shape index (κ1) is 17.3. The maximum atomic E-state index is 13.7. The summed E-state index contributed by atoms with van der Waals surface area (Å²) in [4.78, 5) is 27.3. The highest BCUT2D eigenvalue weighted by Gasteiger charge is 2.27. The molecule has 1 saturated heterocycles. The number of hydrogen-bond acceptors (Lipinski definition) is 3. The van der Waals surface area contributed by atoms with Gasteiger partial charge < -0.3 is 15.1 Å². The van der Waals surface area contributed by atoms with Gasteiger partial charge in [-0.25, -0.2) is 8.78 Å². The Morgan fingerprint density at radius 1 is 1.09 bits per heavy atom. The molecule has 0 unspecified atom stereocenters. The van der Waals surface area contributed by atoms with E-state index < -0.39 is 23.1 Å². The summed E-state index contributed by atoms with van der Waals surface area (Å²) in [6.45, 7) is 2.12. The zero-order valence-electron chi connectivity index (χ0n) is 13.1. The minimum Gasteiger partial charge on any atom is -0.339 e. The first-order valence-corrected chi connectivity index (χ1v) is 7.70. The number of rotatable bonds is 5. The quantitative estimate of drug-likeness (QED) is 0.829. The van der Waals surface area contributed by atoms with Gasteiger partial charge in [-0.15, -0.1) is 0 Å². The number of benzene rings is 1. The molecular weight excluding hydrogens is 304 g/mol. The Balaban J connectivity index is 1.91. The summed E-state index contributed by atoms with van der Waals surface area (Å²) in [5.41, 5.74) is -0.527. The van der Waals surface area contributed by atoms with Crippen LogP contribution in [0.3, 0.4) is 0 Å². The van der Waals surface area contributed by atoms with Gasteiger partial charge in [0.15, 0.2) is 0 Å². The van der Waals surface area contributed by atoms with Crippen molar-refractivity contribution in [2.75, 3.05) is 39.8 Å². The smallest absolute Gasteiger partial charge is 0.259 e.